The highest BCUT2D eigenvalue weighted by atomic mass is 32.2. The van der Waals surface area contributed by atoms with Gasteiger partial charge in [-0.2, -0.15) is 0 Å². The number of nitrogens with zero attached hydrogens (tertiary/aromatic N) is 3. The minimum atomic E-state index is -3.61. The second-order valence-electron chi connectivity index (χ2n) is 5.52. The van der Waals surface area contributed by atoms with Gasteiger partial charge in [0.05, 0.1) is 0 Å². The van der Waals surface area contributed by atoms with Crippen LogP contribution < -0.4 is 5.63 Å². The summed E-state index contributed by atoms with van der Waals surface area (Å²) in [6, 6.07) is 4.05. The first kappa shape index (κ1) is 18.1. The van der Waals surface area contributed by atoms with E-state index in [4.69, 9.17) is 4.42 Å². The quantitative estimate of drug-likeness (QED) is 0.671. The van der Waals surface area contributed by atoms with Gasteiger partial charge < -0.3 is 14.2 Å². The van der Waals surface area contributed by atoms with Crippen molar-refractivity contribution in [2.45, 2.75) is 0 Å². The molecule has 0 atom stereocenters. The monoisotopic (exact) mass is 357 g/mol. The largest absolute Gasteiger partial charge is 0.417 e. The molecule has 1 fully saturated rings. The van der Waals surface area contributed by atoms with Gasteiger partial charge in [-0.3, -0.25) is 9.59 Å². The van der Waals surface area contributed by atoms with E-state index in [1.54, 1.807) is 0 Å². The Balaban J connectivity index is 1.95. The van der Waals surface area contributed by atoms with E-state index < -0.39 is 33.2 Å². The van der Waals surface area contributed by atoms with E-state index in [0.717, 1.165) is 4.31 Å². The van der Waals surface area contributed by atoms with Crippen LogP contribution in [0.1, 0.15) is 10.6 Å². The molecule has 0 saturated carbocycles. The van der Waals surface area contributed by atoms with Gasteiger partial charge in [-0.15, -0.1) is 0 Å². The number of rotatable bonds is 4. The Hall–Kier alpha value is -2.20. The highest BCUT2D eigenvalue weighted by Crippen LogP contribution is 2.09. The van der Waals surface area contributed by atoms with Gasteiger partial charge in [-0.25, -0.2) is 17.5 Å². The van der Waals surface area contributed by atoms with Gasteiger partial charge in [-0.05, 0) is 6.07 Å². The fraction of sp³-hybridized carbons (Fsp3) is 0.500. The molecule has 24 heavy (non-hydrogen) atoms. The van der Waals surface area contributed by atoms with Crippen LogP contribution in [0.3, 0.4) is 0 Å². The molecule has 10 heteroatoms. The van der Waals surface area contributed by atoms with Crippen molar-refractivity contribution < 1.29 is 22.4 Å². The lowest BCUT2D eigenvalue weighted by atomic mass is 10.2. The highest BCUT2D eigenvalue weighted by molar-refractivity contribution is 7.89. The smallest absolute Gasteiger partial charge is 0.336 e. The summed E-state index contributed by atoms with van der Waals surface area (Å²) in [5.41, 5.74) is -0.608. The summed E-state index contributed by atoms with van der Waals surface area (Å²) in [4.78, 5) is 38.3. The molecule has 132 valence electrons. The van der Waals surface area contributed by atoms with E-state index in [1.807, 2.05) is 0 Å². The van der Waals surface area contributed by atoms with Crippen molar-refractivity contribution in [2.24, 2.45) is 0 Å². The molecule has 1 aromatic rings. The molecule has 2 heterocycles. The van der Waals surface area contributed by atoms with E-state index in [-0.39, 0.29) is 31.9 Å². The van der Waals surface area contributed by atoms with Crippen LogP contribution in [-0.4, -0.2) is 80.4 Å². The maximum Gasteiger partial charge on any atom is 0.336 e. The van der Waals surface area contributed by atoms with Crippen molar-refractivity contribution in [3.8, 4) is 0 Å². The van der Waals surface area contributed by atoms with Crippen LogP contribution in [0.4, 0.5) is 0 Å². The number of sulfonamides is 1. The first-order valence-electron chi connectivity index (χ1n) is 7.28. The molecule has 9 nitrogen and oxygen atoms in total. The molecular weight excluding hydrogens is 338 g/mol. The molecule has 0 N–H and O–H groups in total. The van der Waals surface area contributed by atoms with Crippen molar-refractivity contribution in [2.75, 3.05) is 46.0 Å². The van der Waals surface area contributed by atoms with Crippen molar-refractivity contribution in [3.63, 3.8) is 0 Å². The number of carbonyl (C=O) groups excluding carboxylic acids is 2. The zero-order chi connectivity index (χ0) is 17.9. The zero-order valence-electron chi connectivity index (χ0n) is 13.5. The Labute approximate surface area is 139 Å². The lowest BCUT2D eigenvalue weighted by molar-refractivity contribution is -0.129. The molecule has 1 aromatic heterocycles. The topological polar surface area (TPSA) is 108 Å². The van der Waals surface area contributed by atoms with Crippen LogP contribution in [0.2, 0.25) is 0 Å². The van der Waals surface area contributed by atoms with Crippen LogP contribution in [0.15, 0.2) is 27.4 Å². The van der Waals surface area contributed by atoms with E-state index in [1.165, 1.54) is 42.1 Å². The van der Waals surface area contributed by atoms with Crippen LogP contribution in [0.25, 0.3) is 0 Å². The Morgan fingerprint density at radius 1 is 1.12 bits per heavy atom. The van der Waals surface area contributed by atoms with Gasteiger partial charge in [-0.1, -0.05) is 6.07 Å². The number of carbonyl (C=O) groups is 2. The molecule has 0 bridgehead atoms. The van der Waals surface area contributed by atoms with Crippen molar-refractivity contribution >= 4 is 21.8 Å². The molecule has 0 unspecified atom stereocenters. The van der Waals surface area contributed by atoms with Crippen molar-refractivity contribution in [1.29, 1.82) is 0 Å². The fourth-order valence-corrected chi connectivity index (χ4v) is 2.95. The number of piperazine rings is 1. The van der Waals surface area contributed by atoms with E-state index in [2.05, 4.69) is 0 Å². The normalized spacial score (nSPS) is 15.6. The van der Waals surface area contributed by atoms with Gasteiger partial charge in [0.1, 0.15) is 5.75 Å². The van der Waals surface area contributed by atoms with Gasteiger partial charge in [0.15, 0.2) is 5.76 Å². The van der Waals surface area contributed by atoms with Crippen LogP contribution >= 0.6 is 0 Å². The average molecular weight is 357 g/mol. The summed E-state index contributed by atoms with van der Waals surface area (Å²) in [5.74, 6) is -1.58. The zero-order valence-corrected chi connectivity index (χ0v) is 14.3. The minimum absolute atomic E-state index is 0.0579. The van der Waals surface area contributed by atoms with Gasteiger partial charge in [0, 0.05) is 46.3 Å². The van der Waals surface area contributed by atoms with Gasteiger partial charge in [0.2, 0.25) is 15.9 Å². The van der Waals surface area contributed by atoms with Crippen molar-refractivity contribution in [1.82, 2.24) is 14.1 Å². The lowest BCUT2D eigenvalue weighted by Gasteiger charge is -2.34. The summed E-state index contributed by atoms with van der Waals surface area (Å²) < 4.78 is 29.3. The van der Waals surface area contributed by atoms with Crippen LogP contribution in [0, 0.1) is 0 Å². The highest BCUT2D eigenvalue weighted by Gasteiger charge is 2.29. The third kappa shape index (κ3) is 4.20. The number of hydrogen-bond donors (Lipinski definition) is 0. The minimum Gasteiger partial charge on any atom is -0.417 e. The molecule has 0 aromatic carbocycles. The lowest BCUT2D eigenvalue weighted by Crippen LogP contribution is -2.52. The number of amides is 2. The van der Waals surface area contributed by atoms with Crippen molar-refractivity contribution in [3.05, 3.63) is 34.4 Å². The fourth-order valence-electron chi connectivity index (χ4n) is 2.20. The van der Waals surface area contributed by atoms with E-state index in [9.17, 15) is 22.8 Å². The Morgan fingerprint density at radius 3 is 2.25 bits per heavy atom. The van der Waals surface area contributed by atoms with Crippen LogP contribution in [-0.2, 0) is 14.8 Å². The maximum atomic E-state index is 12.2. The summed E-state index contributed by atoms with van der Waals surface area (Å²) in [6.45, 7) is 0.936. The predicted octanol–water partition coefficient (Wildman–Crippen LogP) is -1.18. The van der Waals surface area contributed by atoms with E-state index in [0.29, 0.717) is 0 Å². The van der Waals surface area contributed by atoms with Crippen LogP contribution in [0.5, 0.6) is 0 Å². The van der Waals surface area contributed by atoms with E-state index >= 15 is 0 Å². The second-order valence-corrected chi connectivity index (χ2v) is 7.71. The third-order valence-corrected chi connectivity index (χ3v) is 5.41. The summed E-state index contributed by atoms with van der Waals surface area (Å²) in [7, 11) is -0.877. The summed E-state index contributed by atoms with van der Waals surface area (Å²) in [6.07, 6.45) is 0. The van der Waals surface area contributed by atoms with Gasteiger partial charge in [0.25, 0.3) is 5.91 Å². The maximum absolute atomic E-state index is 12.2. The first-order chi connectivity index (χ1) is 11.2. The predicted molar refractivity (Wildman–Crippen MR) is 84.9 cm³/mol. The standard InChI is InChI=1S/C14H19N3O6S/c1-15(2)24(21,22)10-12(18)16-6-8-17(9-7-16)14(20)11-4-3-5-13(19)23-11/h3-5H,6-10H2,1-2H3. The molecule has 1 saturated heterocycles. The average Bonchev–Trinajstić information content (AvgIpc) is 2.53. The SMILES string of the molecule is CN(C)S(=O)(=O)CC(=O)N1CCN(C(=O)c2cccc(=O)o2)CC1. The second kappa shape index (κ2) is 7.14. The molecule has 0 aliphatic carbocycles. The molecule has 0 radical (unpaired) electrons. The Bertz CT molecular complexity index is 778. The number of hydrogen-bond acceptors (Lipinski definition) is 6. The molecule has 1 aliphatic heterocycles. The Kier molecular flexibility index (Phi) is 5.40. The van der Waals surface area contributed by atoms with Gasteiger partial charge >= 0.3 is 5.63 Å². The summed E-state index contributed by atoms with van der Waals surface area (Å²) in [5, 5.41) is 0. The Morgan fingerprint density at radius 2 is 1.71 bits per heavy atom. The summed E-state index contributed by atoms with van der Waals surface area (Å²) >= 11 is 0. The molecule has 1 aliphatic rings. The first-order valence-corrected chi connectivity index (χ1v) is 8.89. The molecule has 2 rings (SSSR count). The molecular formula is C14H19N3O6S. The molecule has 2 amide bonds. The third-order valence-electron chi connectivity index (χ3n) is 3.68. The molecule has 0 spiro atoms.